The van der Waals surface area contributed by atoms with Crippen LogP contribution in [0.1, 0.15) is 73.5 Å². The number of benzene rings is 1. The summed E-state index contributed by atoms with van der Waals surface area (Å²) in [4.78, 5) is 37.1. The molecule has 1 aliphatic carbocycles. The Balaban J connectivity index is 0.000000185. The van der Waals surface area contributed by atoms with Crippen molar-refractivity contribution in [3.8, 4) is 18.6 Å². The summed E-state index contributed by atoms with van der Waals surface area (Å²) in [5.41, 5.74) is 6.12. The number of allylic oxidation sites excluding steroid dienone is 4. The lowest BCUT2D eigenvalue weighted by atomic mass is 9.96. The second-order valence-electron chi connectivity index (χ2n) is 10.9. The number of terminal acetylenes is 1. The summed E-state index contributed by atoms with van der Waals surface area (Å²) in [5, 5.41) is 0. The standard InChI is InChI=1S/C16H21N3O4.C14H12F2S.C2H4O.C2H2/c20-12-4-8-19-14(15(12)23-11-5-9-22-10-6-11)16(21)18-7-2-1-3-13(18)17-19;15-12-6-5-9-7-10-3-1-2-4-13(10)17-8-11(9)14(12)16;1-2-3;1-2/h4,8,11,13,17H,1-3,5-7,9-10H2;1,3,5-6H,2,4,7-8H2;2H,1H3;1-2H. The molecule has 1 aromatic carbocycles. The van der Waals surface area contributed by atoms with Crippen LogP contribution in [-0.4, -0.2) is 53.8 Å². The van der Waals surface area contributed by atoms with Crippen LogP contribution >= 0.6 is 11.8 Å². The van der Waals surface area contributed by atoms with Crippen LogP contribution in [0.5, 0.6) is 5.75 Å². The molecule has 2 aromatic rings. The molecule has 4 aliphatic heterocycles. The predicted molar refractivity (Wildman–Crippen MR) is 172 cm³/mol. The smallest absolute Gasteiger partial charge is 0.278 e. The lowest BCUT2D eigenvalue weighted by molar-refractivity contribution is -0.106. The topological polar surface area (TPSA) is 89.9 Å². The van der Waals surface area contributed by atoms with Crippen molar-refractivity contribution < 1.29 is 27.8 Å². The minimum atomic E-state index is -0.736. The molecule has 2 saturated heterocycles. The van der Waals surface area contributed by atoms with Gasteiger partial charge in [-0.25, -0.2) is 8.78 Å². The molecule has 8 nitrogen and oxygen atoms in total. The van der Waals surface area contributed by atoms with E-state index in [0.29, 0.717) is 30.2 Å². The van der Waals surface area contributed by atoms with E-state index in [-0.39, 0.29) is 29.4 Å². The van der Waals surface area contributed by atoms with Crippen LogP contribution in [0, 0.1) is 24.5 Å². The molecule has 240 valence electrons. The van der Waals surface area contributed by atoms with Crippen molar-refractivity contribution in [2.75, 3.05) is 25.2 Å². The van der Waals surface area contributed by atoms with Crippen molar-refractivity contribution >= 4 is 24.0 Å². The number of aldehydes is 1. The number of aromatic nitrogens is 1. The molecule has 0 spiro atoms. The van der Waals surface area contributed by atoms with E-state index in [1.54, 1.807) is 28.7 Å². The molecule has 5 heterocycles. The van der Waals surface area contributed by atoms with E-state index in [1.165, 1.54) is 29.5 Å². The van der Waals surface area contributed by atoms with E-state index in [9.17, 15) is 18.4 Å². The maximum Gasteiger partial charge on any atom is 0.278 e. The third kappa shape index (κ3) is 8.05. The monoisotopic (exact) mass is 639 g/mol. The number of nitrogens with zero attached hydrogens (tertiary/aromatic N) is 2. The quantitative estimate of drug-likeness (QED) is 0.332. The van der Waals surface area contributed by atoms with Crippen LogP contribution in [0.3, 0.4) is 0 Å². The lowest BCUT2D eigenvalue weighted by Gasteiger charge is -2.42. The lowest BCUT2D eigenvalue weighted by Crippen LogP contribution is -2.56. The molecule has 7 rings (SSSR count). The largest absolute Gasteiger partial charge is 0.484 e. The Labute approximate surface area is 266 Å². The summed E-state index contributed by atoms with van der Waals surface area (Å²) in [6, 6.07) is 4.40. The molecular weight excluding hydrogens is 600 g/mol. The maximum absolute atomic E-state index is 13.7. The number of ether oxygens (including phenoxy) is 2. The average Bonchev–Trinajstić information content (AvgIpc) is 3.26. The molecule has 0 bridgehead atoms. The fraction of sp³-hybridized carbons (Fsp3) is 0.441. The number of hydrogen-bond donors (Lipinski definition) is 1. The molecule has 1 N–H and O–H groups in total. The van der Waals surface area contributed by atoms with Gasteiger partial charge in [0.25, 0.3) is 5.91 Å². The van der Waals surface area contributed by atoms with E-state index in [0.717, 1.165) is 69.8 Å². The van der Waals surface area contributed by atoms with Gasteiger partial charge in [-0.1, -0.05) is 18.2 Å². The second-order valence-corrected chi connectivity index (χ2v) is 12.0. The highest BCUT2D eigenvalue weighted by molar-refractivity contribution is 8.02. The van der Waals surface area contributed by atoms with Crippen molar-refractivity contribution in [1.82, 2.24) is 9.58 Å². The Bertz CT molecular complexity index is 1510. The van der Waals surface area contributed by atoms with E-state index in [2.05, 4.69) is 30.4 Å². The molecular formula is C34H39F2N3O5S. The Hall–Kier alpha value is -3.88. The van der Waals surface area contributed by atoms with E-state index in [1.807, 2.05) is 4.90 Å². The number of carbonyl (C=O) groups excluding carboxylic acids is 2. The third-order valence-corrected chi connectivity index (χ3v) is 9.29. The van der Waals surface area contributed by atoms with Crippen molar-refractivity contribution in [2.24, 2.45) is 0 Å². The number of fused-ring (bicyclic) bond motifs is 3. The first kappa shape index (κ1) is 34.0. The highest BCUT2D eigenvalue weighted by Crippen LogP contribution is 2.38. The van der Waals surface area contributed by atoms with Crippen molar-refractivity contribution in [3.63, 3.8) is 0 Å². The molecule has 5 aliphatic rings. The number of carbonyl (C=O) groups is 2. The highest BCUT2D eigenvalue weighted by Gasteiger charge is 2.37. The minimum absolute atomic E-state index is 0.00202. The predicted octanol–water partition coefficient (Wildman–Crippen LogP) is 5.73. The summed E-state index contributed by atoms with van der Waals surface area (Å²) in [7, 11) is 0. The van der Waals surface area contributed by atoms with E-state index >= 15 is 0 Å². The number of piperidine rings is 1. The molecule has 0 saturated carbocycles. The van der Waals surface area contributed by atoms with Gasteiger partial charge < -0.3 is 24.6 Å². The number of amides is 1. The number of thioether (sulfide) groups is 1. The SMILES string of the molecule is C#C.CC=O.Fc1ccc2c(c1F)CSC1=C(C=CCC1)C2.O=C1c2c(OC3CCOCC3)c(=O)ccn2NC2CCCCN12. The van der Waals surface area contributed by atoms with Gasteiger partial charge in [0.2, 0.25) is 5.43 Å². The first-order chi connectivity index (χ1) is 21.9. The molecule has 1 unspecified atom stereocenters. The van der Waals surface area contributed by atoms with Crippen molar-refractivity contribution in [2.45, 2.75) is 76.3 Å². The Morgan fingerprint density at radius 2 is 1.87 bits per heavy atom. The third-order valence-electron chi connectivity index (χ3n) is 8.04. The zero-order chi connectivity index (χ0) is 32.3. The zero-order valence-corrected chi connectivity index (χ0v) is 26.3. The summed E-state index contributed by atoms with van der Waals surface area (Å²) in [5.74, 6) is -0.807. The van der Waals surface area contributed by atoms with Crippen molar-refractivity contribution in [1.29, 1.82) is 0 Å². The molecule has 1 aromatic heterocycles. The molecule has 1 amide bonds. The molecule has 11 heteroatoms. The maximum atomic E-state index is 13.7. The van der Waals surface area contributed by atoms with E-state index in [4.69, 9.17) is 14.3 Å². The number of rotatable bonds is 2. The molecule has 2 fully saturated rings. The highest BCUT2D eigenvalue weighted by atomic mass is 32.2. The van der Waals surface area contributed by atoms with Gasteiger partial charge in [-0.15, -0.1) is 24.6 Å². The van der Waals surface area contributed by atoms with Crippen LogP contribution < -0.4 is 15.6 Å². The average molecular weight is 640 g/mol. The summed E-state index contributed by atoms with van der Waals surface area (Å²) in [6.45, 7) is 3.42. The Morgan fingerprint density at radius 1 is 1.11 bits per heavy atom. The normalized spacial score (nSPS) is 20.0. The van der Waals surface area contributed by atoms with Crippen molar-refractivity contribution in [3.05, 3.63) is 85.7 Å². The number of hydrogen-bond acceptors (Lipinski definition) is 7. The fourth-order valence-electron chi connectivity index (χ4n) is 5.84. The van der Waals surface area contributed by atoms with Crippen LogP contribution in [-0.2, 0) is 21.7 Å². The number of pyridine rings is 1. The number of halogens is 2. The van der Waals surface area contributed by atoms with Gasteiger partial charge in [0, 0.05) is 43.0 Å². The van der Waals surface area contributed by atoms with Crippen LogP contribution in [0.2, 0.25) is 0 Å². The minimum Gasteiger partial charge on any atom is -0.484 e. The zero-order valence-electron chi connectivity index (χ0n) is 25.4. The summed E-state index contributed by atoms with van der Waals surface area (Å²) >= 11 is 1.66. The van der Waals surface area contributed by atoms with Gasteiger partial charge >= 0.3 is 0 Å². The van der Waals surface area contributed by atoms with E-state index < -0.39 is 11.6 Å². The molecule has 0 radical (unpaired) electrons. The van der Waals surface area contributed by atoms with Gasteiger partial charge in [-0.05, 0) is 67.6 Å². The Morgan fingerprint density at radius 3 is 2.62 bits per heavy atom. The van der Waals surface area contributed by atoms with Crippen LogP contribution in [0.4, 0.5) is 8.78 Å². The summed E-state index contributed by atoms with van der Waals surface area (Å²) < 4.78 is 39.8. The first-order valence-electron chi connectivity index (χ1n) is 15.2. The van der Waals surface area contributed by atoms with Crippen LogP contribution in [0.15, 0.2) is 51.8 Å². The van der Waals surface area contributed by atoms with Gasteiger partial charge in [0.15, 0.2) is 23.1 Å². The van der Waals surface area contributed by atoms with Crippen LogP contribution in [0.25, 0.3) is 0 Å². The Kier molecular flexibility index (Phi) is 12.4. The van der Waals surface area contributed by atoms with Gasteiger partial charge in [0.1, 0.15) is 18.6 Å². The second kappa shape index (κ2) is 16.4. The molecule has 1 atom stereocenters. The number of nitrogens with one attached hydrogen (secondary N) is 1. The fourth-order valence-corrected chi connectivity index (χ4v) is 7.06. The molecule has 45 heavy (non-hydrogen) atoms. The van der Waals surface area contributed by atoms with Gasteiger partial charge in [0.05, 0.1) is 13.2 Å². The van der Waals surface area contributed by atoms with Gasteiger partial charge in [-0.2, -0.15) is 0 Å². The summed E-state index contributed by atoms with van der Waals surface area (Å²) in [6.07, 6.45) is 21.9. The van der Waals surface area contributed by atoms with Gasteiger partial charge in [-0.3, -0.25) is 14.3 Å². The first-order valence-corrected chi connectivity index (χ1v) is 16.2.